The average Bonchev–Trinajstić information content (AvgIpc) is 2.71. The number of esters is 1. The molecule has 0 spiro atoms. The van der Waals surface area contributed by atoms with E-state index in [9.17, 15) is 14.4 Å². The van der Waals surface area contributed by atoms with Gasteiger partial charge in [-0.3, -0.25) is 9.59 Å². The molecule has 0 saturated carbocycles. The number of aromatic amines is 1. The Bertz CT molecular complexity index is 575. The Labute approximate surface area is 130 Å². The largest absolute Gasteiger partial charge is 0.451 e. The van der Waals surface area contributed by atoms with Gasteiger partial charge in [-0.2, -0.15) is 0 Å². The first kappa shape index (κ1) is 17.9. The number of hydrogen-bond donors (Lipinski definition) is 2. The summed E-state index contributed by atoms with van der Waals surface area (Å²) in [6, 6.07) is 0.0509. The maximum absolute atomic E-state index is 12.0. The molecular weight excluding hydrogens is 284 g/mol. The standard InChI is InChI=1S/C16H24N2O4/c1-6-7-9(2)17-13(20)8-22-16(21)15-10(3)14(12(5)19)11(4)18-15/h9,18H,6-8H2,1-5H3,(H,17,20). The van der Waals surface area contributed by atoms with Crippen LogP contribution in [0.3, 0.4) is 0 Å². The summed E-state index contributed by atoms with van der Waals surface area (Å²) < 4.78 is 5.00. The highest BCUT2D eigenvalue weighted by Crippen LogP contribution is 2.19. The van der Waals surface area contributed by atoms with Crippen LogP contribution in [0, 0.1) is 13.8 Å². The number of H-pyrrole nitrogens is 1. The Morgan fingerprint density at radius 2 is 1.91 bits per heavy atom. The number of amides is 1. The Kier molecular flexibility index (Phi) is 6.34. The maximum atomic E-state index is 12.0. The number of aromatic nitrogens is 1. The molecule has 22 heavy (non-hydrogen) atoms. The van der Waals surface area contributed by atoms with E-state index in [1.807, 2.05) is 13.8 Å². The average molecular weight is 308 g/mol. The normalized spacial score (nSPS) is 11.9. The van der Waals surface area contributed by atoms with Crippen molar-refractivity contribution in [2.75, 3.05) is 6.61 Å². The van der Waals surface area contributed by atoms with Gasteiger partial charge in [0.25, 0.3) is 5.91 Å². The number of nitrogens with one attached hydrogen (secondary N) is 2. The third-order valence-electron chi connectivity index (χ3n) is 3.46. The lowest BCUT2D eigenvalue weighted by Crippen LogP contribution is -2.35. The molecule has 0 aliphatic heterocycles. The molecular formula is C16H24N2O4. The van der Waals surface area contributed by atoms with Crippen LogP contribution in [-0.2, 0) is 9.53 Å². The molecule has 0 aromatic carbocycles. The zero-order valence-corrected chi connectivity index (χ0v) is 13.8. The number of Topliss-reactive ketones (excluding diaryl/α,β-unsaturated/α-hetero) is 1. The monoisotopic (exact) mass is 308 g/mol. The summed E-state index contributed by atoms with van der Waals surface area (Å²) in [5.74, 6) is -1.08. The van der Waals surface area contributed by atoms with Crippen molar-refractivity contribution < 1.29 is 19.1 Å². The molecule has 122 valence electrons. The second-order valence-corrected chi connectivity index (χ2v) is 5.51. The van der Waals surface area contributed by atoms with E-state index in [0.717, 1.165) is 12.8 Å². The fourth-order valence-corrected chi connectivity index (χ4v) is 2.51. The van der Waals surface area contributed by atoms with Gasteiger partial charge in [0.1, 0.15) is 5.69 Å². The molecule has 1 amide bonds. The molecule has 0 fully saturated rings. The number of hydrogen-bond acceptors (Lipinski definition) is 4. The fraction of sp³-hybridized carbons (Fsp3) is 0.562. The van der Waals surface area contributed by atoms with Crippen molar-refractivity contribution in [3.63, 3.8) is 0 Å². The molecule has 2 N–H and O–H groups in total. The minimum absolute atomic E-state index is 0.0509. The van der Waals surface area contributed by atoms with Crippen molar-refractivity contribution in [1.29, 1.82) is 0 Å². The minimum atomic E-state index is -0.633. The van der Waals surface area contributed by atoms with Crippen LogP contribution in [0.4, 0.5) is 0 Å². The van der Waals surface area contributed by atoms with E-state index in [-0.39, 0.29) is 30.0 Å². The summed E-state index contributed by atoms with van der Waals surface area (Å²) in [6.45, 7) is 8.45. The van der Waals surface area contributed by atoms with Gasteiger partial charge in [-0.15, -0.1) is 0 Å². The van der Waals surface area contributed by atoms with Crippen LogP contribution in [0.5, 0.6) is 0 Å². The number of rotatable bonds is 7. The van der Waals surface area contributed by atoms with Gasteiger partial charge >= 0.3 is 5.97 Å². The molecule has 6 heteroatoms. The SMILES string of the molecule is CCCC(C)NC(=O)COC(=O)c1[nH]c(C)c(C(C)=O)c1C. The fourth-order valence-electron chi connectivity index (χ4n) is 2.51. The van der Waals surface area contributed by atoms with Crippen LogP contribution in [0.1, 0.15) is 65.7 Å². The Morgan fingerprint density at radius 1 is 1.27 bits per heavy atom. The van der Waals surface area contributed by atoms with Gasteiger partial charge in [0.05, 0.1) is 0 Å². The van der Waals surface area contributed by atoms with E-state index in [0.29, 0.717) is 16.8 Å². The summed E-state index contributed by atoms with van der Waals surface area (Å²) in [5.41, 5.74) is 1.89. The second kappa shape index (κ2) is 7.77. The Morgan fingerprint density at radius 3 is 2.41 bits per heavy atom. The van der Waals surface area contributed by atoms with Crippen molar-refractivity contribution in [2.24, 2.45) is 0 Å². The molecule has 0 aliphatic rings. The summed E-state index contributed by atoms with van der Waals surface area (Å²) in [4.78, 5) is 38.1. The van der Waals surface area contributed by atoms with Crippen LogP contribution in [0.25, 0.3) is 0 Å². The van der Waals surface area contributed by atoms with Gasteiger partial charge in [0.2, 0.25) is 0 Å². The summed E-state index contributed by atoms with van der Waals surface area (Å²) in [6.07, 6.45) is 1.84. The highest BCUT2D eigenvalue weighted by Gasteiger charge is 2.21. The number of carbonyl (C=O) groups excluding carboxylic acids is 3. The molecule has 1 aromatic rings. The first-order chi connectivity index (χ1) is 10.3. The lowest BCUT2D eigenvalue weighted by atomic mass is 10.1. The first-order valence-electron chi connectivity index (χ1n) is 7.44. The van der Waals surface area contributed by atoms with Gasteiger partial charge in [-0.25, -0.2) is 4.79 Å². The highest BCUT2D eigenvalue weighted by molar-refractivity contribution is 6.01. The van der Waals surface area contributed by atoms with Crippen molar-refractivity contribution in [3.05, 3.63) is 22.5 Å². The number of aryl methyl sites for hydroxylation is 1. The lowest BCUT2D eigenvalue weighted by molar-refractivity contribution is -0.124. The quantitative estimate of drug-likeness (QED) is 0.597. The number of ketones is 1. The van der Waals surface area contributed by atoms with Crippen molar-refractivity contribution >= 4 is 17.7 Å². The second-order valence-electron chi connectivity index (χ2n) is 5.51. The van der Waals surface area contributed by atoms with Gasteiger partial charge < -0.3 is 15.0 Å². The van der Waals surface area contributed by atoms with Crippen LogP contribution in [-0.4, -0.2) is 35.3 Å². The molecule has 0 bridgehead atoms. The Balaban J connectivity index is 2.65. The summed E-state index contributed by atoms with van der Waals surface area (Å²) in [5, 5.41) is 2.76. The molecule has 1 atom stereocenters. The zero-order valence-electron chi connectivity index (χ0n) is 13.8. The van der Waals surface area contributed by atoms with Gasteiger partial charge in [-0.05, 0) is 39.7 Å². The van der Waals surface area contributed by atoms with Crippen LogP contribution in [0.2, 0.25) is 0 Å². The van der Waals surface area contributed by atoms with E-state index in [2.05, 4.69) is 10.3 Å². The summed E-state index contributed by atoms with van der Waals surface area (Å²) >= 11 is 0. The van der Waals surface area contributed by atoms with E-state index in [4.69, 9.17) is 4.74 Å². The summed E-state index contributed by atoms with van der Waals surface area (Å²) in [7, 11) is 0. The number of carbonyl (C=O) groups is 3. The van der Waals surface area contributed by atoms with E-state index >= 15 is 0 Å². The zero-order chi connectivity index (χ0) is 16.9. The van der Waals surface area contributed by atoms with Gasteiger partial charge in [-0.1, -0.05) is 13.3 Å². The van der Waals surface area contributed by atoms with Crippen molar-refractivity contribution in [1.82, 2.24) is 10.3 Å². The first-order valence-corrected chi connectivity index (χ1v) is 7.44. The molecule has 1 unspecified atom stereocenters. The van der Waals surface area contributed by atoms with E-state index < -0.39 is 5.97 Å². The molecule has 0 radical (unpaired) electrons. The highest BCUT2D eigenvalue weighted by atomic mass is 16.5. The predicted molar refractivity (Wildman–Crippen MR) is 83.1 cm³/mol. The predicted octanol–water partition coefficient (Wildman–Crippen LogP) is 2.30. The topological polar surface area (TPSA) is 88.3 Å². The van der Waals surface area contributed by atoms with Crippen LogP contribution >= 0.6 is 0 Å². The molecule has 1 aromatic heterocycles. The van der Waals surface area contributed by atoms with Crippen molar-refractivity contribution in [2.45, 2.75) is 53.5 Å². The Hall–Kier alpha value is -2.11. The van der Waals surface area contributed by atoms with E-state index in [1.165, 1.54) is 6.92 Å². The maximum Gasteiger partial charge on any atom is 0.355 e. The van der Waals surface area contributed by atoms with Gasteiger partial charge in [0.15, 0.2) is 12.4 Å². The van der Waals surface area contributed by atoms with Crippen molar-refractivity contribution in [3.8, 4) is 0 Å². The smallest absolute Gasteiger partial charge is 0.355 e. The lowest BCUT2D eigenvalue weighted by Gasteiger charge is -2.12. The third-order valence-corrected chi connectivity index (χ3v) is 3.46. The molecule has 1 rings (SSSR count). The third kappa shape index (κ3) is 4.44. The van der Waals surface area contributed by atoms with E-state index in [1.54, 1.807) is 13.8 Å². The molecule has 6 nitrogen and oxygen atoms in total. The van der Waals surface area contributed by atoms with Crippen LogP contribution < -0.4 is 5.32 Å². The molecule has 1 heterocycles. The van der Waals surface area contributed by atoms with Crippen LogP contribution in [0.15, 0.2) is 0 Å². The molecule has 0 aliphatic carbocycles. The molecule has 0 saturated heterocycles. The van der Waals surface area contributed by atoms with Gasteiger partial charge in [0, 0.05) is 17.3 Å². The minimum Gasteiger partial charge on any atom is -0.451 e. The number of ether oxygens (including phenoxy) is 1.